The first-order chi connectivity index (χ1) is 7.06. The molecule has 15 heavy (non-hydrogen) atoms. The Morgan fingerprint density at radius 1 is 1.53 bits per heavy atom. The first-order valence-electron chi connectivity index (χ1n) is 4.59. The van der Waals surface area contributed by atoms with E-state index in [0.717, 1.165) is 10.0 Å². The Kier molecular flexibility index (Phi) is 4.11. The highest BCUT2D eigenvalue weighted by Gasteiger charge is 2.19. The zero-order valence-corrected chi connectivity index (χ0v) is 9.94. The van der Waals surface area contributed by atoms with Crippen LogP contribution in [-0.2, 0) is 0 Å². The van der Waals surface area contributed by atoms with Gasteiger partial charge in [-0.3, -0.25) is 5.21 Å². The van der Waals surface area contributed by atoms with Gasteiger partial charge in [-0.15, -0.1) is 0 Å². The molecular formula is C10H13BrN2O2. The lowest BCUT2D eigenvalue weighted by Gasteiger charge is -2.23. The maximum Gasteiger partial charge on any atom is 0.339 e. The van der Waals surface area contributed by atoms with E-state index in [0.29, 0.717) is 11.5 Å². The van der Waals surface area contributed by atoms with Crippen LogP contribution in [0.25, 0.3) is 0 Å². The van der Waals surface area contributed by atoms with Crippen LogP contribution in [-0.4, -0.2) is 16.3 Å². The molecule has 0 bridgehead atoms. The second-order valence-electron chi connectivity index (χ2n) is 3.16. The third-order valence-electron chi connectivity index (χ3n) is 2.16. The lowest BCUT2D eigenvalue weighted by Crippen LogP contribution is -2.35. The van der Waals surface area contributed by atoms with Gasteiger partial charge >= 0.3 is 6.03 Å². The van der Waals surface area contributed by atoms with Crippen molar-refractivity contribution in [2.75, 3.05) is 0 Å². The summed E-state index contributed by atoms with van der Waals surface area (Å²) in [6.07, 6.45) is 0.598. The molecule has 0 heterocycles. The predicted molar refractivity (Wildman–Crippen MR) is 60.4 cm³/mol. The van der Waals surface area contributed by atoms with Gasteiger partial charge in [-0.2, -0.15) is 5.06 Å². The molecule has 82 valence electrons. The molecule has 0 aliphatic carbocycles. The summed E-state index contributed by atoms with van der Waals surface area (Å²) in [5.74, 6) is 0. The molecule has 0 saturated heterocycles. The van der Waals surface area contributed by atoms with E-state index in [1.807, 2.05) is 31.2 Å². The molecule has 0 spiro atoms. The molecule has 0 radical (unpaired) electrons. The quantitative estimate of drug-likeness (QED) is 0.656. The zero-order valence-electron chi connectivity index (χ0n) is 8.35. The molecular weight excluding hydrogens is 260 g/mol. The van der Waals surface area contributed by atoms with Crippen molar-refractivity contribution in [2.24, 2.45) is 5.73 Å². The van der Waals surface area contributed by atoms with Gasteiger partial charge in [0.05, 0.1) is 6.04 Å². The van der Waals surface area contributed by atoms with Gasteiger partial charge in [0.15, 0.2) is 0 Å². The van der Waals surface area contributed by atoms with Crippen LogP contribution in [0.1, 0.15) is 24.9 Å². The summed E-state index contributed by atoms with van der Waals surface area (Å²) in [7, 11) is 0. The molecule has 0 aliphatic rings. The number of halogens is 1. The maximum atomic E-state index is 10.8. The van der Waals surface area contributed by atoms with E-state index in [9.17, 15) is 10.0 Å². The number of urea groups is 1. The van der Waals surface area contributed by atoms with Gasteiger partial charge in [0.25, 0.3) is 0 Å². The third-order valence-corrected chi connectivity index (χ3v) is 2.69. The summed E-state index contributed by atoms with van der Waals surface area (Å²) in [6, 6.07) is 6.15. The summed E-state index contributed by atoms with van der Waals surface area (Å²) in [5.41, 5.74) is 5.86. The van der Waals surface area contributed by atoms with E-state index in [1.54, 1.807) is 0 Å². The van der Waals surface area contributed by atoms with Crippen LogP contribution < -0.4 is 5.73 Å². The number of nitrogens with two attached hydrogens (primary N) is 1. The molecule has 0 fully saturated rings. The van der Waals surface area contributed by atoms with Crippen LogP contribution in [0.4, 0.5) is 4.79 Å². The van der Waals surface area contributed by atoms with Crippen molar-refractivity contribution in [2.45, 2.75) is 19.4 Å². The number of benzene rings is 1. The second-order valence-corrected chi connectivity index (χ2v) is 4.07. The van der Waals surface area contributed by atoms with Crippen LogP contribution in [0.5, 0.6) is 0 Å². The summed E-state index contributed by atoms with van der Waals surface area (Å²) in [6.45, 7) is 1.87. The molecule has 0 saturated carbocycles. The van der Waals surface area contributed by atoms with Gasteiger partial charge in [0.2, 0.25) is 0 Å². The molecule has 1 rings (SSSR count). The number of hydroxylamine groups is 2. The smallest absolute Gasteiger partial charge is 0.339 e. The Hall–Kier alpha value is -1.07. The average Bonchev–Trinajstić information content (AvgIpc) is 2.21. The summed E-state index contributed by atoms with van der Waals surface area (Å²) < 4.78 is 0.949. The highest BCUT2D eigenvalue weighted by molar-refractivity contribution is 9.10. The predicted octanol–water partition coefficient (Wildman–Crippen LogP) is 2.67. The zero-order chi connectivity index (χ0) is 11.4. The van der Waals surface area contributed by atoms with Crippen LogP contribution in [0.2, 0.25) is 0 Å². The minimum Gasteiger partial charge on any atom is -0.350 e. The van der Waals surface area contributed by atoms with Crippen molar-refractivity contribution in [3.63, 3.8) is 0 Å². The average molecular weight is 273 g/mol. The Morgan fingerprint density at radius 2 is 2.07 bits per heavy atom. The highest BCUT2D eigenvalue weighted by Crippen LogP contribution is 2.23. The molecule has 3 N–H and O–H groups in total. The van der Waals surface area contributed by atoms with Gasteiger partial charge in [-0.25, -0.2) is 4.79 Å². The minimum absolute atomic E-state index is 0.393. The number of nitrogens with zero attached hydrogens (tertiary/aromatic N) is 1. The van der Waals surface area contributed by atoms with Crippen molar-refractivity contribution in [1.82, 2.24) is 5.06 Å². The molecule has 2 amide bonds. The van der Waals surface area contributed by atoms with Crippen molar-refractivity contribution >= 4 is 22.0 Å². The number of hydrogen-bond donors (Lipinski definition) is 2. The first-order valence-corrected chi connectivity index (χ1v) is 5.38. The van der Waals surface area contributed by atoms with Crippen molar-refractivity contribution in [3.05, 3.63) is 34.3 Å². The van der Waals surface area contributed by atoms with Crippen molar-refractivity contribution < 1.29 is 10.0 Å². The highest BCUT2D eigenvalue weighted by atomic mass is 79.9. The maximum absolute atomic E-state index is 10.8. The molecule has 1 unspecified atom stereocenters. The molecule has 5 heteroatoms. The SMILES string of the molecule is CCC(c1ccc(Br)cc1)N(O)C(N)=O. The molecule has 4 nitrogen and oxygen atoms in total. The topological polar surface area (TPSA) is 66.6 Å². The van der Waals surface area contributed by atoms with Crippen molar-refractivity contribution in [3.8, 4) is 0 Å². The van der Waals surface area contributed by atoms with Crippen LogP contribution >= 0.6 is 15.9 Å². The first kappa shape index (κ1) is 12.0. The fraction of sp³-hybridized carbons (Fsp3) is 0.300. The fourth-order valence-electron chi connectivity index (χ4n) is 1.39. The fourth-order valence-corrected chi connectivity index (χ4v) is 1.65. The summed E-state index contributed by atoms with van der Waals surface area (Å²) >= 11 is 3.31. The van der Waals surface area contributed by atoms with E-state index < -0.39 is 12.1 Å². The standard InChI is InChI=1S/C10H13BrN2O2/c1-2-9(13(15)10(12)14)7-3-5-8(11)6-4-7/h3-6,9,15H,2H2,1H3,(H2,12,14). The molecule has 1 aromatic rings. The second kappa shape index (κ2) is 5.14. The van der Waals surface area contributed by atoms with Gasteiger partial charge in [0, 0.05) is 4.47 Å². The Balaban J connectivity index is 2.92. The van der Waals surface area contributed by atoms with Gasteiger partial charge in [-0.05, 0) is 24.1 Å². The molecule has 1 aromatic carbocycles. The normalized spacial score (nSPS) is 12.2. The number of amides is 2. The molecule has 1 atom stereocenters. The Labute approximate surface area is 96.8 Å². The van der Waals surface area contributed by atoms with E-state index in [2.05, 4.69) is 15.9 Å². The Morgan fingerprint density at radius 3 is 2.47 bits per heavy atom. The van der Waals surface area contributed by atoms with E-state index in [1.165, 1.54) is 0 Å². The van der Waals surface area contributed by atoms with E-state index >= 15 is 0 Å². The monoisotopic (exact) mass is 272 g/mol. The number of hydrogen-bond acceptors (Lipinski definition) is 2. The van der Waals surface area contributed by atoms with Crippen molar-refractivity contribution in [1.29, 1.82) is 0 Å². The molecule has 0 aliphatic heterocycles. The summed E-state index contributed by atoms with van der Waals surface area (Å²) in [4.78, 5) is 10.8. The van der Waals surface area contributed by atoms with Gasteiger partial charge < -0.3 is 5.73 Å². The number of primary amides is 1. The van der Waals surface area contributed by atoms with Crippen LogP contribution in [0.3, 0.4) is 0 Å². The lowest BCUT2D eigenvalue weighted by atomic mass is 10.0. The number of carbonyl (C=O) groups excluding carboxylic acids is 1. The number of carbonyl (C=O) groups is 1. The van der Waals surface area contributed by atoms with Crippen LogP contribution in [0.15, 0.2) is 28.7 Å². The minimum atomic E-state index is -0.843. The Bertz CT molecular complexity index is 340. The van der Waals surface area contributed by atoms with E-state index in [4.69, 9.17) is 5.73 Å². The van der Waals surface area contributed by atoms with E-state index in [-0.39, 0.29) is 0 Å². The van der Waals surface area contributed by atoms with Gasteiger partial charge in [0.1, 0.15) is 0 Å². The largest absolute Gasteiger partial charge is 0.350 e. The van der Waals surface area contributed by atoms with Gasteiger partial charge in [-0.1, -0.05) is 35.0 Å². The summed E-state index contributed by atoms with van der Waals surface area (Å²) in [5, 5.41) is 10.0. The lowest BCUT2D eigenvalue weighted by molar-refractivity contribution is -0.0774. The number of rotatable bonds is 3. The van der Waals surface area contributed by atoms with Crippen LogP contribution in [0, 0.1) is 0 Å². The third kappa shape index (κ3) is 2.94. The molecule has 0 aromatic heterocycles.